The van der Waals surface area contributed by atoms with Crippen molar-refractivity contribution in [3.63, 3.8) is 0 Å². The van der Waals surface area contributed by atoms with E-state index in [9.17, 15) is 27.2 Å². The molecule has 4 aromatic rings. The third-order valence-electron chi connectivity index (χ3n) is 7.67. The molecule has 53 heavy (non-hydrogen) atoms. The predicted octanol–water partition coefficient (Wildman–Crippen LogP) is 11.9. The van der Waals surface area contributed by atoms with E-state index in [-0.39, 0.29) is 46.2 Å². The minimum atomic E-state index is -1.38. The van der Waals surface area contributed by atoms with Gasteiger partial charge in [0.25, 0.3) is 0 Å². The number of anilines is 2. The van der Waals surface area contributed by atoms with Gasteiger partial charge in [-0.25, -0.2) is 41.8 Å². The van der Waals surface area contributed by atoms with Crippen LogP contribution in [0, 0.1) is 35.4 Å². The molecule has 0 heterocycles. The minimum absolute atomic E-state index is 0. The van der Waals surface area contributed by atoms with Gasteiger partial charge in [-0.1, -0.05) is 26.7 Å². The molecular formula is C40H46Cl4F4N2O2Ti. The van der Waals surface area contributed by atoms with E-state index in [0.717, 1.165) is 25.0 Å². The molecule has 4 nitrogen and oxygen atoms in total. The fraction of sp³-hybridized carbons (Fsp3) is 0.400. The number of benzene rings is 2. The summed E-state index contributed by atoms with van der Waals surface area (Å²) in [6.07, 6.45) is 2.94. The van der Waals surface area contributed by atoms with Gasteiger partial charge in [-0.15, -0.1) is 82.8 Å². The largest absolute Gasteiger partial charge is 4.00 e. The normalized spacial score (nSPS) is 13.7. The van der Waals surface area contributed by atoms with Crippen molar-refractivity contribution in [3.05, 3.63) is 120 Å². The molecule has 0 aliphatic heterocycles. The van der Waals surface area contributed by atoms with Crippen LogP contribution >= 0.6 is 46.4 Å². The number of halogens is 8. The van der Waals surface area contributed by atoms with Crippen molar-refractivity contribution in [2.45, 2.75) is 87.7 Å². The number of hydrogen-bond donors (Lipinski definition) is 0. The summed E-state index contributed by atoms with van der Waals surface area (Å²) in [7, 11) is 0. The standard InChI is InChI=1S/2C15H18Cl2F2NO.2C5H5.Ti/c2*1-4-5-8-20(14(21)15(3,17)10(2)16)13-7-6-11(18)9-12(13)19;2*1-2-4-5-3-1;/h2*6-7,10H,4-5,8H2,1-3H3;2*1-5H;/q4*-1;+4. The molecule has 0 aromatic heterocycles. The molecule has 13 heteroatoms. The number of nitrogens with zero attached hydrogens (tertiary/aromatic N) is 2. The van der Waals surface area contributed by atoms with Crippen molar-refractivity contribution in [2.75, 3.05) is 22.9 Å². The van der Waals surface area contributed by atoms with Crippen LogP contribution in [0.2, 0.25) is 0 Å². The Labute approximate surface area is 347 Å². The molecule has 0 radical (unpaired) electrons. The van der Waals surface area contributed by atoms with E-state index < -0.39 is 55.6 Å². The van der Waals surface area contributed by atoms with E-state index >= 15 is 0 Å². The first-order valence-electron chi connectivity index (χ1n) is 16.8. The van der Waals surface area contributed by atoms with Crippen molar-refractivity contribution >= 4 is 69.6 Å². The third-order valence-corrected chi connectivity index (χ3v) is 9.74. The monoisotopic (exact) mass is 850 g/mol. The van der Waals surface area contributed by atoms with E-state index in [2.05, 4.69) is 0 Å². The summed E-state index contributed by atoms with van der Waals surface area (Å²) in [5, 5.41) is -1.30. The van der Waals surface area contributed by atoms with E-state index in [1.165, 1.54) is 35.8 Å². The minimum Gasteiger partial charge on any atom is -0.362 e. The second kappa shape index (κ2) is 25.7. The van der Waals surface area contributed by atoms with Crippen molar-refractivity contribution < 1.29 is 48.9 Å². The average Bonchev–Trinajstić information content (AvgIpc) is 3.87. The molecule has 0 spiro atoms. The maximum absolute atomic E-state index is 13.9. The molecular weight excluding hydrogens is 806 g/mol. The Bertz CT molecular complexity index is 1440. The Hall–Kier alpha value is -2.33. The van der Waals surface area contributed by atoms with Crippen molar-refractivity contribution in [3.8, 4) is 0 Å². The SMILES string of the molecule is CCCCN(C(=O)C(C)(Cl)C(C)Cl)c1ccc(F)[c-]c1F.CCCCN(C(=O)C(C)(Cl)C(C)Cl)c1ccc(F)[c-]c1F.[Ti+4].c1cc[cH-]c1.c1cc[cH-]c1. The predicted molar refractivity (Wildman–Crippen MR) is 208 cm³/mol. The molecule has 0 saturated heterocycles. The van der Waals surface area contributed by atoms with Crippen LogP contribution in [0.4, 0.5) is 28.9 Å². The van der Waals surface area contributed by atoms with Crippen LogP contribution < -0.4 is 9.80 Å². The smallest absolute Gasteiger partial charge is 0.362 e. The Morgan fingerprint density at radius 2 is 0.981 bits per heavy atom. The van der Waals surface area contributed by atoms with Crippen LogP contribution in [0.1, 0.15) is 67.2 Å². The Morgan fingerprint density at radius 1 is 0.679 bits per heavy atom. The molecule has 0 fully saturated rings. The van der Waals surface area contributed by atoms with E-state index in [0.29, 0.717) is 12.8 Å². The van der Waals surface area contributed by atoms with Gasteiger partial charge in [0.1, 0.15) is 9.75 Å². The number of unbranched alkanes of at least 4 members (excludes halogenated alkanes) is 2. The van der Waals surface area contributed by atoms with Crippen LogP contribution in [-0.4, -0.2) is 45.4 Å². The van der Waals surface area contributed by atoms with Gasteiger partial charge in [0.05, 0.1) is 10.8 Å². The molecule has 4 aromatic carbocycles. The van der Waals surface area contributed by atoms with Crippen LogP contribution in [0.25, 0.3) is 0 Å². The van der Waals surface area contributed by atoms with Gasteiger partial charge < -0.3 is 9.80 Å². The van der Waals surface area contributed by atoms with Crippen LogP contribution in [0.3, 0.4) is 0 Å². The van der Waals surface area contributed by atoms with Crippen molar-refractivity contribution in [1.29, 1.82) is 0 Å². The number of carbonyl (C=O) groups is 2. The summed E-state index contributed by atoms with van der Waals surface area (Å²) in [6, 6.07) is 28.4. The van der Waals surface area contributed by atoms with Gasteiger partial charge >= 0.3 is 21.7 Å². The summed E-state index contributed by atoms with van der Waals surface area (Å²) >= 11 is 24.3. The Balaban J connectivity index is 0.000000791. The fourth-order valence-electron chi connectivity index (χ4n) is 4.09. The Kier molecular flexibility index (Phi) is 24.6. The third kappa shape index (κ3) is 16.9. The number of rotatable bonds is 12. The molecule has 0 bridgehead atoms. The zero-order valence-electron chi connectivity index (χ0n) is 30.7. The summed E-state index contributed by atoms with van der Waals surface area (Å²) in [4.78, 5) is 24.8. The summed E-state index contributed by atoms with van der Waals surface area (Å²) in [6.45, 7) is 10.6. The molecule has 4 atom stereocenters. The topological polar surface area (TPSA) is 40.6 Å². The molecule has 4 rings (SSSR count). The number of carbonyl (C=O) groups excluding carboxylic acids is 2. The summed E-state index contributed by atoms with van der Waals surface area (Å²) in [5.41, 5.74) is -0.0851. The zero-order chi connectivity index (χ0) is 39.5. The Morgan fingerprint density at radius 3 is 1.19 bits per heavy atom. The molecule has 0 aliphatic rings. The number of amides is 2. The van der Waals surface area contributed by atoms with E-state index in [1.807, 2.05) is 86.6 Å². The second-order valence-corrected chi connectivity index (χ2v) is 14.8. The maximum atomic E-state index is 13.9. The van der Waals surface area contributed by atoms with Gasteiger partial charge in [0.2, 0.25) is 11.8 Å². The fourth-order valence-corrected chi connectivity index (χ4v) is 4.48. The van der Waals surface area contributed by atoms with Crippen molar-refractivity contribution in [2.24, 2.45) is 0 Å². The van der Waals surface area contributed by atoms with Gasteiger partial charge in [-0.05, 0) is 51.9 Å². The summed E-state index contributed by atoms with van der Waals surface area (Å²) in [5.74, 6) is -4.52. The molecule has 0 N–H and O–H groups in total. The maximum Gasteiger partial charge on any atom is 4.00 e. The quantitative estimate of drug-likeness (QED) is 0.0617. The van der Waals surface area contributed by atoms with Crippen LogP contribution in [0.15, 0.2) is 84.9 Å². The first-order chi connectivity index (χ1) is 24.4. The van der Waals surface area contributed by atoms with Crippen LogP contribution in [-0.2, 0) is 31.3 Å². The molecule has 0 aliphatic carbocycles. The second-order valence-electron chi connectivity index (χ2n) is 11.9. The van der Waals surface area contributed by atoms with Gasteiger partial charge in [0, 0.05) is 36.4 Å². The van der Waals surface area contributed by atoms with E-state index in [4.69, 9.17) is 46.4 Å². The molecule has 0 saturated carbocycles. The first kappa shape index (κ1) is 50.7. The van der Waals surface area contributed by atoms with E-state index in [1.54, 1.807) is 13.8 Å². The zero-order valence-corrected chi connectivity index (χ0v) is 35.3. The van der Waals surface area contributed by atoms with Crippen LogP contribution in [0.5, 0.6) is 0 Å². The van der Waals surface area contributed by atoms with Crippen molar-refractivity contribution in [1.82, 2.24) is 0 Å². The molecule has 2 amide bonds. The first-order valence-corrected chi connectivity index (χ1v) is 18.4. The number of alkyl halides is 4. The number of hydrogen-bond acceptors (Lipinski definition) is 2. The van der Waals surface area contributed by atoms with Gasteiger partial charge in [-0.2, -0.15) is 36.4 Å². The van der Waals surface area contributed by atoms with Gasteiger partial charge in [-0.3, -0.25) is 9.59 Å². The summed E-state index contributed by atoms with van der Waals surface area (Å²) < 4.78 is 53.8. The molecule has 4 unspecified atom stereocenters. The average molecular weight is 852 g/mol. The molecule has 288 valence electrons. The van der Waals surface area contributed by atoms with Gasteiger partial charge in [0.15, 0.2) is 0 Å².